The van der Waals surface area contributed by atoms with Crippen LogP contribution in [0.4, 0.5) is 5.69 Å². The molecule has 0 unspecified atom stereocenters. The zero-order chi connectivity index (χ0) is 20.1. The van der Waals surface area contributed by atoms with Crippen molar-refractivity contribution in [3.8, 4) is 0 Å². The Morgan fingerprint density at radius 3 is 2.10 bits per heavy atom. The largest absolute Gasteiger partial charge is 0.331 e. The minimum absolute atomic E-state index is 0.206. The summed E-state index contributed by atoms with van der Waals surface area (Å²) in [5.74, 6) is 0. The van der Waals surface area contributed by atoms with Crippen molar-refractivity contribution in [2.45, 2.75) is 32.0 Å². The van der Waals surface area contributed by atoms with Crippen molar-refractivity contribution in [2.75, 3.05) is 39.3 Å². The number of nitrogens with zero attached hydrogens (tertiary/aromatic N) is 1. The van der Waals surface area contributed by atoms with Crippen LogP contribution in [0.2, 0.25) is 0 Å². The van der Waals surface area contributed by atoms with Gasteiger partial charge < -0.3 is 14.7 Å². The molecule has 0 aliphatic carbocycles. The van der Waals surface area contributed by atoms with Gasteiger partial charge in [-0.25, -0.2) is 0 Å². The number of quaternary nitrogens is 3. The van der Waals surface area contributed by atoms with Gasteiger partial charge in [0, 0.05) is 36.1 Å². The summed E-state index contributed by atoms with van der Waals surface area (Å²) in [4.78, 5) is 15.8. The number of nitro benzene ring substituents is 1. The normalized spacial score (nSPS) is 27.4. The monoisotopic (exact) mass is 397 g/mol. The molecule has 2 aromatic carbocycles. The Morgan fingerprint density at radius 2 is 1.41 bits per heavy atom. The first-order valence-corrected chi connectivity index (χ1v) is 11.0. The molecule has 6 nitrogen and oxygen atoms in total. The van der Waals surface area contributed by atoms with Crippen molar-refractivity contribution in [1.82, 2.24) is 0 Å². The lowest BCUT2D eigenvalue weighted by Crippen LogP contribution is -3.30. The molecule has 0 saturated carbocycles. The zero-order valence-electron chi connectivity index (χ0n) is 17.1. The van der Waals surface area contributed by atoms with Crippen molar-refractivity contribution < 1.29 is 19.6 Å². The van der Waals surface area contributed by atoms with Crippen LogP contribution in [0.1, 0.15) is 24.0 Å². The highest BCUT2D eigenvalue weighted by molar-refractivity contribution is 5.33. The summed E-state index contributed by atoms with van der Waals surface area (Å²) in [5.41, 5.74) is 2.74. The summed E-state index contributed by atoms with van der Waals surface area (Å²) in [7, 11) is 0. The SMILES string of the molecule is O=[N+]([O-])c1cccc(C[NH+]2CCC([NH+]3CC[NH+](Cc4ccccc4)CC3)CC2)c1. The van der Waals surface area contributed by atoms with Gasteiger partial charge in [-0.2, -0.15) is 0 Å². The predicted molar refractivity (Wildman–Crippen MR) is 112 cm³/mol. The van der Waals surface area contributed by atoms with Crippen molar-refractivity contribution in [3.05, 3.63) is 75.8 Å². The van der Waals surface area contributed by atoms with Crippen LogP contribution in [0, 0.1) is 10.1 Å². The van der Waals surface area contributed by atoms with E-state index in [9.17, 15) is 10.1 Å². The maximum atomic E-state index is 11.0. The molecular weight excluding hydrogens is 364 g/mol. The molecule has 2 aliphatic rings. The van der Waals surface area contributed by atoms with Gasteiger partial charge >= 0.3 is 0 Å². The van der Waals surface area contributed by atoms with E-state index >= 15 is 0 Å². The van der Waals surface area contributed by atoms with Crippen LogP contribution >= 0.6 is 0 Å². The second-order valence-corrected chi connectivity index (χ2v) is 8.70. The molecule has 3 N–H and O–H groups in total. The van der Waals surface area contributed by atoms with Gasteiger partial charge in [-0.15, -0.1) is 0 Å². The van der Waals surface area contributed by atoms with Crippen LogP contribution in [-0.4, -0.2) is 50.2 Å². The lowest BCUT2D eigenvalue weighted by molar-refractivity contribution is -1.04. The zero-order valence-corrected chi connectivity index (χ0v) is 17.1. The maximum absolute atomic E-state index is 11.0. The number of benzene rings is 2. The van der Waals surface area contributed by atoms with E-state index in [1.165, 1.54) is 57.7 Å². The number of piperazine rings is 1. The molecule has 2 aliphatic heterocycles. The van der Waals surface area contributed by atoms with E-state index in [0.717, 1.165) is 24.7 Å². The Labute approximate surface area is 172 Å². The fraction of sp³-hybridized carbons (Fsp3) is 0.478. The number of non-ortho nitro benzene ring substituents is 1. The minimum Gasteiger partial charge on any atom is -0.331 e. The van der Waals surface area contributed by atoms with Gasteiger partial charge in [0.2, 0.25) is 0 Å². The number of hydrogen-bond donors (Lipinski definition) is 3. The molecule has 0 amide bonds. The van der Waals surface area contributed by atoms with Crippen molar-refractivity contribution in [1.29, 1.82) is 0 Å². The molecule has 2 fully saturated rings. The molecule has 4 rings (SSSR count). The van der Waals surface area contributed by atoms with Gasteiger partial charge in [-0.3, -0.25) is 10.1 Å². The molecule has 0 aromatic heterocycles. The lowest BCUT2D eigenvalue weighted by atomic mass is 10.0. The number of nitrogens with one attached hydrogen (secondary N) is 3. The van der Waals surface area contributed by atoms with Gasteiger partial charge in [0.15, 0.2) is 0 Å². The maximum Gasteiger partial charge on any atom is 0.269 e. The average Bonchev–Trinajstić information content (AvgIpc) is 2.76. The first-order chi connectivity index (χ1) is 14.2. The van der Waals surface area contributed by atoms with E-state index in [1.807, 2.05) is 6.07 Å². The van der Waals surface area contributed by atoms with E-state index in [2.05, 4.69) is 30.3 Å². The van der Waals surface area contributed by atoms with Crippen molar-refractivity contribution in [3.63, 3.8) is 0 Å². The molecule has 0 radical (unpaired) electrons. The summed E-state index contributed by atoms with van der Waals surface area (Å²) in [6.07, 6.45) is 2.54. The van der Waals surface area contributed by atoms with Gasteiger partial charge in [0.1, 0.15) is 39.3 Å². The topological polar surface area (TPSA) is 56.5 Å². The molecule has 29 heavy (non-hydrogen) atoms. The van der Waals surface area contributed by atoms with E-state index in [0.29, 0.717) is 0 Å². The Kier molecular flexibility index (Phi) is 6.54. The van der Waals surface area contributed by atoms with Crippen LogP contribution in [0.15, 0.2) is 54.6 Å². The Morgan fingerprint density at radius 1 is 0.793 bits per heavy atom. The van der Waals surface area contributed by atoms with Crippen LogP contribution < -0.4 is 14.7 Å². The quantitative estimate of drug-likeness (QED) is 0.438. The Bertz CT molecular complexity index is 798. The van der Waals surface area contributed by atoms with E-state index < -0.39 is 0 Å². The number of piperidine rings is 1. The summed E-state index contributed by atoms with van der Waals surface area (Å²) in [6.45, 7) is 9.52. The first kappa shape index (κ1) is 20.0. The molecule has 2 heterocycles. The molecule has 2 saturated heterocycles. The van der Waals surface area contributed by atoms with Gasteiger partial charge in [-0.1, -0.05) is 42.5 Å². The Balaban J connectivity index is 1.21. The van der Waals surface area contributed by atoms with E-state index in [-0.39, 0.29) is 10.6 Å². The highest BCUT2D eigenvalue weighted by Gasteiger charge is 2.33. The number of rotatable bonds is 6. The molecule has 6 heteroatoms. The van der Waals surface area contributed by atoms with Gasteiger partial charge in [-0.05, 0) is 0 Å². The van der Waals surface area contributed by atoms with Gasteiger partial charge in [0.25, 0.3) is 5.69 Å². The highest BCUT2D eigenvalue weighted by Crippen LogP contribution is 2.12. The third-order valence-corrected chi connectivity index (χ3v) is 6.74. The molecular formula is C23H33N4O2+3. The third kappa shape index (κ3) is 5.41. The lowest BCUT2D eigenvalue weighted by Gasteiger charge is -2.37. The third-order valence-electron chi connectivity index (χ3n) is 6.74. The summed E-state index contributed by atoms with van der Waals surface area (Å²) in [6, 6.07) is 18.8. The van der Waals surface area contributed by atoms with E-state index in [4.69, 9.17) is 0 Å². The average molecular weight is 398 g/mol. The molecule has 154 valence electrons. The molecule has 2 aromatic rings. The second kappa shape index (κ2) is 9.48. The summed E-state index contributed by atoms with van der Waals surface area (Å²) < 4.78 is 0. The van der Waals surface area contributed by atoms with Gasteiger partial charge in [0.05, 0.1) is 24.1 Å². The first-order valence-electron chi connectivity index (χ1n) is 11.0. The number of hydrogen-bond acceptors (Lipinski definition) is 2. The number of nitro groups is 1. The minimum atomic E-state index is -0.298. The predicted octanol–water partition coefficient (Wildman–Crippen LogP) is -0.874. The molecule has 0 bridgehead atoms. The summed E-state index contributed by atoms with van der Waals surface area (Å²) >= 11 is 0. The smallest absolute Gasteiger partial charge is 0.269 e. The second-order valence-electron chi connectivity index (χ2n) is 8.70. The van der Waals surface area contributed by atoms with Crippen molar-refractivity contribution >= 4 is 5.69 Å². The fourth-order valence-electron chi connectivity index (χ4n) is 5.07. The van der Waals surface area contributed by atoms with Crippen LogP contribution in [0.5, 0.6) is 0 Å². The molecule has 0 atom stereocenters. The number of likely N-dealkylation sites (tertiary alicyclic amines) is 1. The summed E-state index contributed by atoms with van der Waals surface area (Å²) in [5, 5.41) is 11.0. The van der Waals surface area contributed by atoms with Crippen LogP contribution in [0.3, 0.4) is 0 Å². The fourth-order valence-corrected chi connectivity index (χ4v) is 5.07. The Hall–Kier alpha value is -2.28. The highest BCUT2D eigenvalue weighted by atomic mass is 16.6. The van der Waals surface area contributed by atoms with Crippen LogP contribution in [0.25, 0.3) is 0 Å². The molecule has 0 spiro atoms. The van der Waals surface area contributed by atoms with E-state index in [1.54, 1.807) is 32.9 Å². The van der Waals surface area contributed by atoms with Crippen molar-refractivity contribution in [2.24, 2.45) is 0 Å². The van der Waals surface area contributed by atoms with Crippen LogP contribution in [-0.2, 0) is 13.1 Å². The standard InChI is InChI=1S/C23H30N4O2/c28-27(29)23-8-4-7-21(17-23)19-24-11-9-22(10-12-24)26-15-13-25(14-16-26)18-20-5-2-1-3-6-20/h1-8,17,22H,9-16,18-19H2/p+3.